The molecule has 2 aliphatic rings. The van der Waals surface area contributed by atoms with Gasteiger partial charge in [-0.3, -0.25) is 4.79 Å². The topological polar surface area (TPSA) is 58.4 Å². The molecule has 2 fully saturated rings. The van der Waals surface area contributed by atoms with Gasteiger partial charge in [0.2, 0.25) is 5.91 Å². The van der Waals surface area contributed by atoms with Crippen LogP contribution in [-0.2, 0) is 11.2 Å². The van der Waals surface area contributed by atoms with Crippen LogP contribution in [-0.4, -0.2) is 43.0 Å². The number of halogens is 1. The van der Waals surface area contributed by atoms with Crippen molar-refractivity contribution in [3.8, 4) is 0 Å². The fraction of sp³-hybridized carbons (Fsp3) is 0.611. The number of carbonyl (C=O) groups excluding carboxylic acids is 1. The predicted molar refractivity (Wildman–Crippen MR) is 88.4 cm³/mol. The molecule has 0 unspecified atom stereocenters. The van der Waals surface area contributed by atoms with Crippen molar-refractivity contribution >= 4 is 5.91 Å². The van der Waals surface area contributed by atoms with Crippen molar-refractivity contribution < 1.29 is 9.18 Å². The van der Waals surface area contributed by atoms with Gasteiger partial charge in [0.25, 0.3) is 0 Å². The first kappa shape index (κ1) is 16.4. The Balaban J connectivity index is 1.67. The fourth-order valence-corrected chi connectivity index (χ4v) is 3.46. The van der Waals surface area contributed by atoms with Gasteiger partial charge in [-0.1, -0.05) is 12.1 Å². The van der Waals surface area contributed by atoms with E-state index in [9.17, 15) is 9.18 Å². The molecule has 0 aromatic heterocycles. The second kappa shape index (κ2) is 6.97. The minimum atomic E-state index is -0.192. The van der Waals surface area contributed by atoms with E-state index in [-0.39, 0.29) is 23.7 Å². The molecular formula is C18H26FN3O. The highest BCUT2D eigenvalue weighted by atomic mass is 19.1. The second-order valence-electron chi connectivity index (χ2n) is 7.04. The van der Waals surface area contributed by atoms with Gasteiger partial charge >= 0.3 is 0 Å². The van der Waals surface area contributed by atoms with E-state index in [0.717, 1.165) is 38.9 Å². The van der Waals surface area contributed by atoms with Crippen molar-refractivity contribution in [1.82, 2.24) is 10.2 Å². The number of likely N-dealkylation sites (tertiary alicyclic amines) is 1. The van der Waals surface area contributed by atoms with Crippen molar-refractivity contribution in [2.45, 2.75) is 38.1 Å². The van der Waals surface area contributed by atoms with E-state index >= 15 is 0 Å². The molecular weight excluding hydrogens is 293 g/mol. The van der Waals surface area contributed by atoms with Crippen LogP contribution in [0.15, 0.2) is 24.3 Å². The number of benzene rings is 1. The van der Waals surface area contributed by atoms with E-state index in [1.165, 1.54) is 30.5 Å². The number of nitrogens with one attached hydrogen (secondary N) is 1. The molecule has 0 bridgehead atoms. The zero-order chi connectivity index (χ0) is 16.3. The number of amides is 1. The highest BCUT2D eigenvalue weighted by molar-refractivity contribution is 5.78. The van der Waals surface area contributed by atoms with Gasteiger partial charge < -0.3 is 16.0 Å². The maximum Gasteiger partial charge on any atom is 0.236 e. The summed E-state index contributed by atoms with van der Waals surface area (Å²) in [5, 5.41) is 3.65. The first-order chi connectivity index (χ1) is 11.1. The van der Waals surface area contributed by atoms with E-state index in [0.29, 0.717) is 6.04 Å². The average molecular weight is 319 g/mol. The van der Waals surface area contributed by atoms with Gasteiger partial charge in [-0.2, -0.15) is 0 Å². The quantitative estimate of drug-likeness (QED) is 0.839. The molecule has 1 aliphatic carbocycles. The molecule has 1 heterocycles. The van der Waals surface area contributed by atoms with Crippen LogP contribution in [0.5, 0.6) is 0 Å². The Bertz CT molecular complexity index is 534. The summed E-state index contributed by atoms with van der Waals surface area (Å²) in [6.45, 7) is 2.60. The van der Waals surface area contributed by atoms with E-state index < -0.39 is 0 Å². The minimum Gasteiger partial charge on any atom is -0.342 e. The number of piperidine rings is 1. The summed E-state index contributed by atoms with van der Waals surface area (Å²) in [5.41, 5.74) is 6.79. The monoisotopic (exact) mass is 319 g/mol. The lowest BCUT2D eigenvalue weighted by molar-refractivity contribution is -0.132. The SMILES string of the molecule is NCC(=O)N1CCC(CNC2CC2)(Cc2ccc(F)cc2)CC1. The van der Waals surface area contributed by atoms with Crippen LogP contribution >= 0.6 is 0 Å². The minimum absolute atomic E-state index is 0.0375. The molecule has 3 N–H and O–H groups in total. The zero-order valence-electron chi connectivity index (χ0n) is 13.6. The van der Waals surface area contributed by atoms with E-state index in [1.54, 1.807) is 0 Å². The van der Waals surface area contributed by atoms with Gasteiger partial charge in [-0.05, 0) is 55.2 Å². The Kier molecular flexibility index (Phi) is 4.97. The molecule has 1 aliphatic heterocycles. The number of nitrogens with two attached hydrogens (primary N) is 1. The number of hydrogen-bond acceptors (Lipinski definition) is 3. The number of nitrogens with zero attached hydrogens (tertiary/aromatic N) is 1. The van der Waals surface area contributed by atoms with Crippen LogP contribution in [0.25, 0.3) is 0 Å². The Morgan fingerprint density at radius 2 is 1.91 bits per heavy atom. The molecule has 23 heavy (non-hydrogen) atoms. The van der Waals surface area contributed by atoms with Gasteiger partial charge in [0.15, 0.2) is 0 Å². The lowest BCUT2D eigenvalue weighted by Gasteiger charge is -2.42. The number of hydrogen-bond donors (Lipinski definition) is 2. The molecule has 1 amide bonds. The number of carbonyl (C=O) groups is 1. The van der Waals surface area contributed by atoms with Crippen LogP contribution in [0.1, 0.15) is 31.2 Å². The Morgan fingerprint density at radius 3 is 2.48 bits per heavy atom. The summed E-state index contributed by atoms with van der Waals surface area (Å²) < 4.78 is 13.1. The van der Waals surface area contributed by atoms with Crippen LogP contribution in [0.3, 0.4) is 0 Å². The molecule has 3 rings (SSSR count). The average Bonchev–Trinajstić information content (AvgIpc) is 3.40. The first-order valence-electron chi connectivity index (χ1n) is 8.56. The normalized spacial score (nSPS) is 20.5. The molecule has 0 radical (unpaired) electrons. The molecule has 1 aromatic rings. The molecule has 1 saturated heterocycles. The third-order valence-electron chi connectivity index (χ3n) is 5.19. The maximum absolute atomic E-state index is 13.1. The van der Waals surface area contributed by atoms with Gasteiger partial charge in [-0.25, -0.2) is 4.39 Å². The lowest BCUT2D eigenvalue weighted by atomic mass is 9.73. The van der Waals surface area contributed by atoms with Gasteiger partial charge in [-0.15, -0.1) is 0 Å². The Labute approximate surface area is 137 Å². The van der Waals surface area contributed by atoms with Crippen LogP contribution in [0.4, 0.5) is 4.39 Å². The zero-order valence-corrected chi connectivity index (χ0v) is 13.6. The molecule has 0 spiro atoms. The third kappa shape index (κ3) is 4.30. The molecule has 4 nitrogen and oxygen atoms in total. The van der Waals surface area contributed by atoms with Crippen molar-refractivity contribution in [3.05, 3.63) is 35.6 Å². The van der Waals surface area contributed by atoms with Gasteiger partial charge in [0.1, 0.15) is 5.82 Å². The van der Waals surface area contributed by atoms with Gasteiger partial charge in [0, 0.05) is 25.7 Å². The van der Waals surface area contributed by atoms with Crippen molar-refractivity contribution in [2.75, 3.05) is 26.2 Å². The van der Waals surface area contributed by atoms with Crippen molar-refractivity contribution in [1.29, 1.82) is 0 Å². The Morgan fingerprint density at radius 1 is 1.26 bits per heavy atom. The van der Waals surface area contributed by atoms with Crippen molar-refractivity contribution in [3.63, 3.8) is 0 Å². The van der Waals surface area contributed by atoms with E-state index in [4.69, 9.17) is 5.73 Å². The molecule has 0 atom stereocenters. The summed E-state index contributed by atoms with van der Waals surface area (Å²) in [5.74, 6) is -0.155. The highest BCUT2D eigenvalue weighted by Crippen LogP contribution is 2.36. The van der Waals surface area contributed by atoms with E-state index in [2.05, 4.69) is 5.32 Å². The fourth-order valence-electron chi connectivity index (χ4n) is 3.46. The summed E-state index contributed by atoms with van der Waals surface area (Å²) in [4.78, 5) is 13.7. The van der Waals surface area contributed by atoms with Crippen LogP contribution in [0, 0.1) is 11.2 Å². The number of rotatable bonds is 6. The van der Waals surface area contributed by atoms with Crippen molar-refractivity contribution in [2.24, 2.45) is 11.1 Å². The molecule has 1 aromatic carbocycles. The summed E-state index contributed by atoms with van der Waals surface area (Å²) >= 11 is 0. The largest absolute Gasteiger partial charge is 0.342 e. The smallest absolute Gasteiger partial charge is 0.236 e. The van der Waals surface area contributed by atoms with Crippen LogP contribution < -0.4 is 11.1 Å². The highest BCUT2D eigenvalue weighted by Gasteiger charge is 2.37. The Hall–Kier alpha value is -1.46. The standard InChI is InChI=1S/C18H26FN3O/c19-15-3-1-14(2-4-15)11-18(13-21-16-5-6-16)7-9-22(10-8-18)17(23)12-20/h1-4,16,21H,5-13,20H2. The lowest BCUT2D eigenvalue weighted by Crippen LogP contribution is -2.49. The van der Waals surface area contributed by atoms with E-state index in [1.807, 2.05) is 17.0 Å². The van der Waals surface area contributed by atoms with Crippen LogP contribution in [0.2, 0.25) is 0 Å². The summed E-state index contributed by atoms with van der Waals surface area (Å²) in [6.07, 6.45) is 5.40. The molecule has 5 heteroatoms. The van der Waals surface area contributed by atoms with Gasteiger partial charge in [0.05, 0.1) is 6.54 Å². The first-order valence-corrected chi connectivity index (χ1v) is 8.56. The molecule has 1 saturated carbocycles. The summed E-state index contributed by atoms with van der Waals surface area (Å²) in [6, 6.07) is 7.50. The second-order valence-corrected chi connectivity index (χ2v) is 7.04. The third-order valence-corrected chi connectivity index (χ3v) is 5.19. The molecule has 126 valence electrons. The predicted octanol–water partition coefficient (Wildman–Crippen LogP) is 1.69. The maximum atomic E-state index is 13.1. The summed E-state index contributed by atoms with van der Waals surface area (Å²) in [7, 11) is 0.